The Hall–Kier alpha value is -1.01. The zero-order chi connectivity index (χ0) is 14.5. The van der Waals surface area contributed by atoms with Crippen LogP contribution in [0.1, 0.15) is 6.92 Å². The van der Waals surface area contributed by atoms with Gasteiger partial charge >= 0.3 is 0 Å². The van der Waals surface area contributed by atoms with Gasteiger partial charge in [-0.15, -0.1) is 0 Å². The summed E-state index contributed by atoms with van der Waals surface area (Å²) >= 11 is 11.8. The fourth-order valence-electron chi connectivity index (χ4n) is 1.74. The third kappa shape index (κ3) is 4.24. The lowest BCUT2D eigenvalue weighted by atomic mass is 10.3. The van der Waals surface area contributed by atoms with Gasteiger partial charge in [0.05, 0.1) is 18.2 Å². The Bertz CT molecular complexity index is 479. The average molecular weight is 319 g/mol. The number of halogens is 2. The lowest BCUT2D eigenvalue weighted by Gasteiger charge is -2.28. The molecular formula is C13H16Cl2N2O3. The quantitative estimate of drug-likeness (QED) is 0.924. The number of rotatable bonds is 4. The molecule has 0 aromatic heterocycles. The first-order valence-corrected chi connectivity index (χ1v) is 7.07. The monoisotopic (exact) mass is 318 g/mol. The summed E-state index contributed by atoms with van der Waals surface area (Å²) in [4.78, 5) is 12.0. The molecule has 1 saturated heterocycles. The summed E-state index contributed by atoms with van der Waals surface area (Å²) < 4.78 is 10.8. The van der Waals surface area contributed by atoms with E-state index in [1.165, 1.54) is 0 Å². The van der Waals surface area contributed by atoms with E-state index in [1.54, 1.807) is 25.1 Å². The Morgan fingerprint density at radius 3 is 2.75 bits per heavy atom. The molecule has 0 bridgehead atoms. The first-order valence-electron chi connectivity index (χ1n) is 6.31. The van der Waals surface area contributed by atoms with Crippen LogP contribution in [0.15, 0.2) is 18.2 Å². The van der Waals surface area contributed by atoms with E-state index in [-0.39, 0.29) is 5.91 Å². The molecule has 1 amide bonds. The summed E-state index contributed by atoms with van der Waals surface area (Å²) in [5, 5.41) is 2.71. The van der Waals surface area contributed by atoms with E-state index in [9.17, 15) is 4.79 Å². The number of hydrazine groups is 1. The van der Waals surface area contributed by atoms with Gasteiger partial charge in [0.15, 0.2) is 6.10 Å². The highest BCUT2D eigenvalue weighted by Gasteiger charge is 2.20. The second-order valence-corrected chi connectivity index (χ2v) is 5.25. The van der Waals surface area contributed by atoms with Crippen molar-refractivity contribution >= 4 is 29.1 Å². The van der Waals surface area contributed by atoms with Crippen molar-refractivity contribution in [2.45, 2.75) is 13.0 Å². The molecule has 5 nitrogen and oxygen atoms in total. The van der Waals surface area contributed by atoms with Gasteiger partial charge < -0.3 is 9.47 Å². The van der Waals surface area contributed by atoms with Crippen LogP contribution in [0.4, 0.5) is 0 Å². The number of carbonyl (C=O) groups is 1. The summed E-state index contributed by atoms with van der Waals surface area (Å²) in [5.41, 5.74) is 2.79. The Kier molecular flexibility index (Phi) is 5.48. The summed E-state index contributed by atoms with van der Waals surface area (Å²) in [6.45, 7) is 4.22. The largest absolute Gasteiger partial charge is 0.479 e. The van der Waals surface area contributed by atoms with Gasteiger partial charge in [-0.2, -0.15) is 0 Å². The summed E-state index contributed by atoms with van der Waals surface area (Å²) in [6.07, 6.45) is -0.656. The van der Waals surface area contributed by atoms with Crippen molar-refractivity contribution in [2.75, 3.05) is 26.3 Å². The first kappa shape index (κ1) is 15.4. The van der Waals surface area contributed by atoms with Crippen LogP contribution < -0.4 is 10.2 Å². The van der Waals surface area contributed by atoms with Crippen molar-refractivity contribution in [1.82, 2.24) is 10.4 Å². The third-order valence-electron chi connectivity index (χ3n) is 2.85. The number of carbonyl (C=O) groups excluding carboxylic acids is 1. The highest BCUT2D eigenvalue weighted by atomic mass is 35.5. The van der Waals surface area contributed by atoms with Crippen molar-refractivity contribution in [3.05, 3.63) is 28.2 Å². The van der Waals surface area contributed by atoms with E-state index in [4.69, 9.17) is 32.7 Å². The number of benzene rings is 1. The highest BCUT2D eigenvalue weighted by molar-refractivity contribution is 6.35. The van der Waals surface area contributed by atoms with Gasteiger partial charge in [-0.05, 0) is 25.1 Å². The van der Waals surface area contributed by atoms with E-state index in [0.717, 1.165) is 0 Å². The van der Waals surface area contributed by atoms with Crippen LogP contribution in [0, 0.1) is 0 Å². The molecule has 0 radical (unpaired) electrons. The topological polar surface area (TPSA) is 50.8 Å². The number of nitrogens with zero attached hydrogens (tertiary/aromatic N) is 1. The standard InChI is InChI=1S/C13H16Cl2N2O3/c1-9(13(18)16-17-4-6-19-7-5-17)20-12-3-2-10(14)8-11(12)15/h2-3,8-9H,4-7H2,1H3,(H,16,18)/t9-/m0/s1. The Morgan fingerprint density at radius 1 is 1.40 bits per heavy atom. The van der Waals surface area contributed by atoms with Gasteiger partial charge in [-0.25, -0.2) is 5.01 Å². The molecule has 1 heterocycles. The maximum atomic E-state index is 12.0. The van der Waals surface area contributed by atoms with E-state index < -0.39 is 6.10 Å². The van der Waals surface area contributed by atoms with E-state index in [0.29, 0.717) is 42.1 Å². The number of amides is 1. The second kappa shape index (κ2) is 7.13. The Balaban J connectivity index is 1.89. The molecule has 0 aliphatic carbocycles. The molecule has 1 aromatic carbocycles. The van der Waals surface area contributed by atoms with Crippen LogP contribution >= 0.6 is 23.2 Å². The maximum absolute atomic E-state index is 12.0. The van der Waals surface area contributed by atoms with Crippen molar-refractivity contribution < 1.29 is 14.3 Å². The van der Waals surface area contributed by atoms with Crippen molar-refractivity contribution in [3.63, 3.8) is 0 Å². The molecule has 1 fully saturated rings. The smallest absolute Gasteiger partial charge is 0.275 e. The number of hydrogen-bond donors (Lipinski definition) is 1. The molecule has 20 heavy (non-hydrogen) atoms. The lowest BCUT2D eigenvalue weighted by molar-refractivity contribution is -0.134. The molecule has 1 aromatic rings. The molecule has 1 N–H and O–H groups in total. The lowest BCUT2D eigenvalue weighted by Crippen LogP contribution is -2.51. The van der Waals surface area contributed by atoms with Crippen molar-refractivity contribution in [1.29, 1.82) is 0 Å². The second-order valence-electron chi connectivity index (χ2n) is 4.41. The molecule has 0 saturated carbocycles. The predicted octanol–water partition coefficient (Wildman–Crippen LogP) is 2.12. The predicted molar refractivity (Wildman–Crippen MR) is 77.1 cm³/mol. The number of morpholine rings is 1. The molecule has 1 aliphatic rings. The minimum Gasteiger partial charge on any atom is -0.479 e. The zero-order valence-corrected chi connectivity index (χ0v) is 12.6. The first-order chi connectivity index (χ1) is 9.56. The molecule has 1 aliphatic heterocycles. The maximum Gasteiger partial charge on any atom is 0.275 e. The third-order valence-corrected chi connectivity index (χ3v) is 3.38. The van der Waals surface area contributed by atoms with Crippen LogP contribution in [-0.4, -0.2) is 43.3 Å². The van der Waals surface area contributed by atoms with Crippen LogP contribution in [0.5, 0.6) is 5.75 Å². The zero-order valence-electron chi connectivity index (χ0n) is 11.1. The molecule has 7 heteroatoms. The van der Waals surface area contributed by atoms with Crippen molar-refractivity contribution in [3.8, 4) is 5.75 Å². The number of hydrogen-bond acceptors (Lipinski definition) is 4. The summed E-state index contributed by atoms with van der Waals surface area (Å²) in [6, 6.07) is 4.88. The van der Waals surface area contributed by atoms with Crippen LogP contribution in [0.2, 0.25) is 10.0 Å². The van der Waals surface area contributed by atoms with Gasteiger partial charge in [0, 0.05) is 18.1 Å². The summed E-state index contributed by atoms with van der Waals surface area (Å²) in [5.74, 6) is 0.207. The van der Waals surface area contributed by atoms with Crippen LogP contribution in [-0.2, 0) is 9.53 Å². The highest BCUT2D eigenvalue weighted by Crippen LogP contribution is 2.28. The van der Waals surface area contributed by atoms with Crippen LogP contribution in [0.25, 0.3) is 0 Å². The summed E-state index contributed by atoms with van der Waals surface area (Å²) in [7, 11) is 0. The molecule has 0 spiro atoms. The van der Waals surface area contributed by atoms with E-state index >= 15 is 0 Å². The average Bonchev–Trinajstić information content (AvgIpc) is 2.43. The van der Waals surface area contributed by atoms with Gasteiger partial charge in [0.25, 0.3) is 5.91 Å². The minimum absolute atomic E-state index is 0.224. The SMILES string of the molecule is C[C@H](Oc1ccc(Cl)cc1Cl)C(=O)NN1CCOCC1. The molecule has 1 atom stereocenters. The molecule has 110 valence electrons. The van der Waals surface area contributed by atoms with Gasteiger partial charge in [-0.1, -0.05) is 23.2 Å². The minimum atomic E-state index is -0.656. The van der Waals surface area contributed by atoms with Crippen LogP contribution in [0.3, 0.4) is 0 Å². The Morgan fingerprint density at radius 2 is 2.10 bits per heavy atom. The molecule has 0 unspecified atom stereocenters. The molecule has 2 rings (SSSR count). The van der Waals surface area contributed by atoms with E-state index in [1.807, 2.05) is 5.01 Å². The number of ether oxygens (including phenoxy) is 2. The fourth-order valence-corrected chi connectivity index (χ4v) is 2.19. The van der Waals surface area contributed by atoms with Gasteiger partial charge in [-0.3, -0.25) is 10.2 Å². The Labute approximate surface area is 127 Å². The van der Waals surface area contributed by atoms with Crippen molar-refractivity contribution in [2.24, 2.45) is 0 Å². The number of nitrogens with one attached hydrogen (secondary N) is 1. The van der Waals surface area contributed by atoms with Gasteiger partial charge in [0.2, 0.25) is 0 Å². The van der Waals surface area contributed by atoms with E-state index in [2.05, 4.69) is 5.43 Å². The van der Waals surface area contributed by atoms with Gasteiger partial charge in [0.1, 0.15) is 5.75 Å². The fraction of sp³-hybridized carbons (Fsp3) is 0.462. The normalized spacial score (nSPS) is 17.6. The molecular weight excluding hydrogens is 303 g/mol.